The van der Waals surface area contributed by atoms with Crippen LogP contribution >= 0.6 is 11.3 Å². The van der Waals surface area contributed by atoms with Crippen molar-refractivity contribution in [2.75, 3.05) is 18.0 Å². The van der Waals surface area contributed by atoms with Crippen molar-refractivity contribution >= 4 is 23.1 Å². The Labute approximate surface area is 190 Å². The molecule has 32 heavy (non-hydrogen) atoms. The van der Waals surface area contributed by atoms with Gasteiger partial charge in [-0.1, -0.05) is 36.4 Å². The third-order valence-corrected chi connectivity index (χ3v) is 6.57. The van der Waals surface area contributed by atoms with Gasteiger partial charge in [0, 0.05) is 35.9 Å². The van der Waals surface area contributed by atoms with E-state index in [2.05, 4.69) is 25.4 Å². The average Bonchev–Trinajstić information content (AvgIpc) is 3.56. The highest BCUT2D eigenvalue weighted by molar-refractivity contribution is 7.09. The van der Waals surface area contributed by atoms with Crippen molar-refractivity contribution in [1.29, 1.82) is 0 Å². The number of piperidine rings is 1. The van der Waals surface area contributed by atoms with Crippen LogP contribution in [0.15, 0.2) is 72.4 Å². The number of aromatic nitrogens is 4. The Morgan fingerprint density at radius 1 is 1.06 bits per heavy atom. The second kappa shape index (κ2) is 9.32. The van der Waals surface area contributed by atoms with E-state index in [-0.39, 0.29) is 11.8 Å². The molecule has 0 spiro atoms. The lowest BCUT2D eigenvalue weighted by Gasteiger charge is -2.32. The SMILES string of the molecule is O=C(NCc1cccs1)C1CCCN(c2ccc(-n3ccnc3-c3ccccc3)nn2)C1. The quantitative estimate of drug-likeness (QED) is 0.488. The molecule has 0 saturated carbocycles. The number of rotatable bonds is 6. The van der Waals surface area contributed by atoms with Crippen LogP contribution in [0.2, 0.25) is 0 Å². The van der Waals surface area contributed by atoms with Gasteiger partial charge >= 0.3 is 0 Å². The summed E-state index contributed by atoms with van der Waals surface area (Å²) in [5.74, 6) is 2.41. The Morgan fingerprint density at radius 2 is 1.91 bits per heavy atom. The van der Waals surface area contributed by atoms with Gasteiger partial charge in [-0.25, -0.2) is 4.98 Å². The molecule has 4 aromatic rings. The number of carbonyl (C=O) groups is 1. The molecule has 1 saturated heterocycles. The summed E-state index contributed by atoms with van der Waals surface area (Å²) in [5.41, 5.74) is 1.02. The van der Waals surface area contributed by atoms with Crippen molar-refractivity contribution in [3.05, 3.63) is 77.2 Å². The van der Waals surface area contributed by atoms with Gasteiger partial charge in [-0.2, -0.15) is 0 Å². The van der Waals surface area contributed by atoms with E-state index in [1.807, 2.05) is 70.7 Å². The number of nitrogens with one attached hydrogen (secondary N) is 1. The minimum atomic E-state index is -0.0384. The van der Waals surface area contributed by atoms with E-state index in [1.54, 1.807) is 17.5 Å². The predicted octanol–water partition coefficient (Wildman–Crippen LogP) is 3.92. The fourth-order valence-corrected chi connectivity index (χ4v) is 4.68. The molecule has 1 unspecified atom stereocenters. The average molecular weight is 445 g/mol. The van der Waals surface area contributed by atoms with Gasteiger partial charge < -0.3 is 10.2 Å². The molecule has 1 aromatic carbocycles. The van der Waals surface area contributed by atoms with Gasteiger partial charge in [0.15, 0.2) is 11.6 Å². The fourth-order valence-electron chi connectivity index (χ4n) is 4.04. The molecule has 1 N–H and O–H groups in total. The van der Waals surface area contributed by atoms with Crippen LogP contribution in [-0.2, 0) is 11.3 Å². The van der Waals surface area contributed by atoms with E-state index in [0.717, 1.165) is 36.6 Å². The van der Waals surface area contributed by atoms with Crippen molar-refractivity contribution in [1.82, 2.24) is 25.1 Å². The Kier molecular flexibility index (Phi) is 5.93. The smallest absolute Gasteiger partial charge is 0.225 e. The zero-order chi connectivity index (χ0) is 21.8. The molecule has 1 amide bonds. The van der Waals surface area contributed by atoms with Gasteiger partial charge in [-0.3, -0.25) is 9.36 Å². The molecule has 7 nitrogen and oxygen atoms in total. The molecular weight excluding hydrogens is 420 g/mol. The van der Waals surface area contributed by atoms with Crippen LogP contribution < -0.4 is 10.2 Å². The normalized spacial score (nSPS) is 16.1. The minimum absolute atomic E-state index is 0.0384. The standard InChI is InChI=1S/C24H24N6OS/c31-24(26-16-20-9-5-15-32-20)19-8-4-13-29(17-19)21-10-11-22(28-27-21)30-14-12-25-23(30)18-6-2-1-3-7-18/h1-3,5-7,9-12,14-15,19H,4,8,13,16-17H2,(H,26,31). The number of benzene rings is 1. The molecule has 162 valence electrons. The molecule has 1 fully saturated rings. The highest BCUT2D eigenvalue weighted by atomic mass is 32.1. The number of hydrogen-bond donors (Lipinski definition) is 1. The summed E-state index contributed by atoms with van der Waals surface area (Å²) in [7, 11) is 0. The maximum atomic E-state index is 12.7. The number of hydrogen-bond acceptors (Lipinski definition) is 6. The van der Waals surface area contributed by atoms with Crippen molar-refractivity contribution < 1.29 is 4.79 Å². The van der Waals surface area contributed by atoms with Crippen molar-refractivity contribution in [2.24, 2.45) is 5.92 Å². The molecule has 1 atom stereocenters. The van der Waals surface area contributed by atoms with Gasteiger partial charge in [0.2, 0.25) is 5.91 Å². The zero-order valence-electron chi connectivity index (χ0n) is 17.6. The first-order valence-electron chi connectivity index (χ1n) is 10.8. The molecule has 4 heterocycles. The van der Waals surface area contributed by atoms with Crippen LogP contribution in [0.4, 0.5) is 5.82 Å². The number of carbonyl (C=O) groups excluding carboxylic acids is 1. The van der Waals surface area contributed by atoms with Crippen LogP contribution in [0, 0.1) is 5.92 Å². The van der Waals surface area contributed by atoms with E-state index in [4.69, 9.17) is 0 Å². The molecule has 8 heteroatoms. The van der Waals surface area contributed by atoms with Crippen LogP contribution in [0.25, 0.3) is 17.2 Å². The molecule has 0 radical (unpaired) electrons. The Hall–Kier alpha value is -3.52. The van der Waals surface area contributed by atoms with E-state index >= 15 is 0 Å². The maximum Gasteiger partial charge on any atom is 0.225 e. The first-order chi connectivity index (χ1) is 15.8. The van der Waals surface area contributed by atoms with Crippen LogP contribution in [0.5, 0.6) is 0 Å². The largest absolute Gasteiger partial charge is 0.354 e. The third-order valence-electron chi connectivity index (χ3n) is 5.69. The molecule has 0 aliphatic carbocycles. The Morgan fingerprint density at radius 3 is 2.69 bits per heavy atom. The topological polar surface area (TPSA) is 75.9 Å². The van der Waals surface area contributed by atoms with Gasteiger partial charge in [0.1, 0.15) is 5.82 Å². The monoisotopic (exact) mass is 444 g/mol. The first-order valence-corrected chi connectivity index (χ1v) is 11.6. The second-order valence-electron chi connectivity index (χ2n) is 7.82. The molecule has 3 aromatic heterocycles. The Balaban J connectivity index is 1.26. The third kappa shape index (κ3) is 4.40. The van der Waals surface area contributed by atoms with E-state index in [1.165, 1.54) is 4.88 Å². The molecule has 1 aliphatic rings. The summed E-state index contributed by atoms with van der Waals surface area (Å²) in [5, 5.41) is 14.0. The fraction of sp³-hybridized carbons (Fsp3) is 0.250. The number of amides is 1. The van der Waals surface area contributed by atoms with Gasteiger partial charge in [0.25, 0.3) is 0 Å². The van der Waals surface area contributed by atoms with Gasteiger partial charge in [0.05, 0.1) is 12.5 Å². The molecular formula is C24H24N6OS. The molecule has 0 bridgehead atoms. The number of thiophene rings is 1. The minimum Gasteiger partial charge on any atom is -0.354 e. The van der Waals surface area contributed by atoms with Gasteiger partial charge in [-0.15, -0.1) is 21.5 Å². The van der Waals surface area contributed by atoms with Crippen LogP contribution in [0.1, 0.15) is 17.7 Å². The number of anilines is 1. The Bertz CT molecular complexity index is 1160. The number of imidazole rings is 1. The summed E-state index contributed by atoms with van der Waals surface area (Å²) in [6, 6.07) is 18.0. The maximum absolute atomic E-state index is 12.7. The lowest BCUT2D eigenvalue weighted by Crippen LogP contribution is -2.43. The van der Waals surface area contributed by atoms with Crippen molar-refractivity contribution in [3.63, 3.8) is 0 Å². The summed E-state index contributed by atoms with van der Waals surface area (Å²) in [6.07, 6.45) is 5.51. The van der Waals surface area contributed by atoms with E-state index in [9.17, 15) is 4.79 Å². The summed E-state index contributed by atoms with van der Waals surface area (Å²) in [4.78, 5) is 20.5. The highest BCUT2D eigenvalue weighted by Gasteiger charge is 2.26. The van der Waals surface area contributed by atoms with Crippen LogP contribution in [-0.4, -0.2) is 38.7 Å². The summed E-state index contributed by atoms with van der Waals surface area (Å²) < 4.78 is 1.93. The molecule has 5 rings (SSSR count). The first kappa shape index (κ1) is 20.4. The lowest BCUT2D eigenvalue weighted by atomic mass is 9.97. The predicted molar refractivity (Wildman–Crippen MR) is 126 cm³/mol. The zero-order valence-corrected chi connectivity index (χ0v) is 18.4. The van der Waals surface area contributed by atoms with Crippen molar-refractivity contribution in [3.8, 4) is 17.2 Å². The van der Waals surface area contributed by atoms with E-state index in [0.29, 0.717) is 18.9 Å². The number of nitrogens with zero attached hydrogens (tertiary/aromatic N) is 5. The van der Waals surface area contributed by atoms with E-state index < -0.39 is 0 Å². The van der Waals surface area contributed by atoms with Gasteiger partial charge in [-0.05, 0) is 36.4 Å². The lowest BCUT2D eigenvalue weighted by molar-refractivity contribution is -0.125. The van der Waals surface area contributed by atoms with Crippen LogP contribution in [0.3, 0.4) is 0 Å². The summed E-state index contributed by atoms with van der Waals surface area (Å²) >= 11 is 1.66. The second-order valence-corrected chi connectivity index (χ2v) is 8.85. The summed E-state index contributed by atoms with van der Waals surface area (Å²) in [6.45, 7) is 2.13. The highest BCUT2D eigenvalue weighted by Crippen LogP contribution is 2.24. The van der Waals surface area contributed by atoms with Crippen molar-refractivity contribution in [2.45, 2.75) is 19.4 Å². The molecule has 1 aliphatic heterocycles.